The van der Waals surface area contributed by atoms with Crippen LogP contribution in [0.5, 0.6) is 0 Å². The van der Waals surface area contributed by atoms with E-state index < -0.39 is 5.54 Å². The zero-order chi connectivity index (χ0) is 12.3. The highest BCUT2D eigenvalue weighted by Gasteiger charge is 2.35. The molecule has 0 radical (unpaired) electrons. The number of nitrogens with zero attached hydrogens (tertiary/aromatic N) is 1. The second-order valence-corrected chi connectivity index (χ2v) is 7.02. The molecule has 1 aliphatic heterocycles. The van der Waals surface area contributed by atoms with E-state index in [9.17, 15) is 4.79 Å². The number of thioether (sulfide) groups is 1. The van der Waals surface area contributed by atoms with E-state index in [-0.39, 0.29) is 5.91 Å². The molecule has 1 amide bonds. The minimum absolute atomic E-state index is 0.119. The lowest BCUT2D eigenvalue weighted by molar-refractivity contribution is -0.136. The maximum absolute atomic E-state index is 12.3. The number of rotatable bonds is 3. The van der Waals surface area contributed by atoms with Crippen LogP contribution in [0.3, 0.4) is 0 Å². The summed E-state index contributed by atoms with van der Waals surface area (Å²) in [6.07, 6.45) is 1.71. The predicted molar refractivity (Wildman–Crippen MR) is 70.6 cm³/mol. The summed E-state index contributed by atoms with van der Waals surface area (Å²) < 4.78 is 0. The van der Waals surface area contributed by atoms with Crippen molar-refractivity contribution in [3.8, 4) is 0 Å². The zero-order valence-electron chi connectivity index (χ0n) is 10.8. The molecule has 0 spiro atoms. The molecule has 2 N–H and O–H groups in total. The Morgan fingerprint density at radius 1 is 1.44 bits per heavy atom. The molecule has 3 unspecified atom stereocenters. The molecule has 3 nitrogen and oxygen atoms in total. The number of nitrogens with two attached hydrogens (primary N) is 1. The summed E-state index contributed by atoms with van der Waals surface area (Å²) in [5, 5.41) is 1.04. The molecule has 3 atom stereocenters. The predicted octanol–water partition coefficient (Wildman–Crippen LogP) is 1.86. The second-order valence-electron chi connectivity index (χ2n) is 5.13. The molecule has 94 valence electrons. The molecule has 0 aromatic carbocycles. The molecule has 1 aliphatic rings. The van der Waals surface area contributed by atoms with Crippen LogP contribution in [-0.4, -0.2) is 39.9 Å². The van der Waals surface area contributed by atoms with Gasteiger partial charge in [-0.3, -0.25) is 4.79 Å². The molecule has 0 saturated carbocycles. The monoisotopic (exact) mass is 244 g/mol. The first-order chi connectivity index (χ1) is 7.36. The molecule has 16 heavy (non-hydrogen) atoms. The van der Waals surface area contributed by atoms with Crippen LogP contribution in [0.15, 0.2) is 0 Å². The molecule has 4 heteroatoms. The molecule has 1 saturated heterocycles. The summed E-state index contributed by atoms with van der Waals surface area (Å²) in [7, 11) is 0. The summed E-state index contributed by atoms with van der Waals surface area (Å²) in [4.78, 5) is 14.2. The Hall–Kier alpha value is -0.220. The highest BCUT2D eigenvalue weighted by atomic mass is 32.2. The van der Waals surface area contributed by atoms with Crippen molar-refractivity contribution in [3.05, 3.63) is 0 Å². The fraction of sp³-hybridized carbons (Fsp3) is 0.917. The van der Waals surface area contributed by atoms with E-state index in [1.165, 1.54) is 0 Å². The quantitative estimate of drug-likeness (QED) is 0.824. The van der Waals surface area contributed by atoms with Gasteiger partial charge in [0.15, 0.2) is 0 Å². The van der Waals surface area contributed by atoms with Gasteiger partial charge in [-0.05, 0) is 13.3 Å². The van der Waals surface area contributed by atoms with Crippen LogP contribution in [0, 0.1) is 0 Å². The Labute approximate surface area is 103 Å². The molecule has 0 aromatic heterocycles. The van der Waals surface area contributed by atoms with Crippen LogP contribution in [-0.2, 0) is 4.79 Å². The lowest BCUT2D eigenvalue weighted by atomic mass is 9.95. The van der Waals surface area contributed by atoms with Gasteiger partial charge in [0.25, 0.3) is 0 Å². The van der Waals surface area contributed by atoms with Gasteiger partial charge in [-0.1, -0.05) is 27.2 Å². The van der Waals surface area contributed by atoms with Gasteiger partial charge in [0, 0.05) is 23.6 Å². The largest absolute Gasteiger partial charge is 0.339 e. The van der Waals surface area contributed by atoms with Gasteiger partial charge < -0.3 is 10.6 Å². The first kappa shape index (κ1) is 13.8. The average Bonchev–Trinajstić information content (AvgIpc) is 2.14. The van der Waals surface area contributed by atoms with E-state index in [1.54, 1.807) is 0 Å². The summed E-state index contributed by atoms with van der Waals surface area (Å²) in [5.41, 5.74) is 5.41. The summed E-state index contributed by atoms with van der Waals surface area (Å²) in [6.45, 7) is 9.95. The highest BCUT2D eigenvalue weighted by Crippen LogP contribution is 2.26. The molecular formula is C12H24N2OS. The van der Waals surface area contributed by atoms with Gasteiger partial charge in [0.1, 0.15) is 0 Å². The summed E-state index contributed by atoms with van der Waals surface area (Å²) >= 11 is 1.95. The van der Waals surface area contributed by atoms with Gasteiger partial charge in [-0.25, -0.2) is 0 Å². The van der Waals surface area contributed by atoms with E-state index in [4.69, 9.17) is 5.73 Å². The van der Waals surface area contributed by atoms with Gasteiger partial charge in [-0.15, -0.1) is 0 Å². The maximum atomic E-state index is 12.3. The van der Waals surface area contributed by atoms with Crippen LogP contribution in [0.4, 0.5) is 0 Å². The van der Waals surface area contributed by atoms with Crippen molar-refractivity contribution in [2.24, 2.45) is 5.73 Å². The zero-order valence-corrected chi connectivity index (χ0v) is 11.6. The van der Waals surface area contributed by atoms with Crippen molar-refractivity contribution >= 4 is 17.7 Å². The van der Waals surface area contributed by atoms with Gasteiger partial charge in [0.2, 0.25) is 5.91 Å². The summed E-state index contributed by atoms with van der Waals surface area (Å²) in [5.74, 6) is 0.119. The third-order valence-electron chi connectivity index (χ3n) is 2.96. The third kappa shape index (κ3) is 3.39. The van der Waals surface area contributed by atoms with Crippen molar-refractivity contribution in [1.82, 2.24) is 4.90 Å². The Balaban J connectivity index is 2.65. The van der Waals surface area contributed by atoms with Crippen molar-refractivity contribution in [2.75, 3.05) is 13.1 Å². The van der Waals surface area contributed by atoms with E-state index in [2.05, 4.69) is 20.8 Å². The van der Waals surface area contributed by atoms with Gasteiger partial charge >= 0.3 is 0 Å². The molecule has 0 bridgehead atoms. The fourth-order valence-corrected chi connectivity index (χ4v) is 3.66. The molecular weight excluding hydrogens is 220 g/mol. The topological polar surface area (TPSA) is 46.3 Å². The first-order valence-corrected chi connectivity index (χ1v) is 7.04. The summed E-state index contributed by atoms with van der Waals surface area (Å²) in [6, 6.07) is 0. The van der Waals surface area contributed by atoms with Crippen molar-refractivity contribution in [2.45, 2.75) is 56.6 Å². The Kier molecular flexibility index (Phi) is 4.68. The van der Waals surface area contributed by atoms with Crippen LogP contribution >= 0.6 is 11.8 Å². The number of amides is 1. The van der Waals surface area contributed by atoms with Crippen molar-refractivity contribution < 1.29 is 4.79 Å². The average molecular weight is 244 g/mol. The van der Waals surface area contributed by atoms with Crippen LogP contribution in [0.1, 0.15) is 40.5 Å². The van der Waals surface area contributed by atoms with E-state index in [1.807, 2.05) is 23.6 Å². The lowest BCUT2D eigenvalue weighted by Gasteiger charge is -2.38. The molecule has 1 fully saturated rings. The van der Waals surface area contributed by atoms with Gasteiger partial charge in [0.05, 0.1) is 5.54 Å². The molecule has 0 aromatic rings. The first-order valence-electron chi connectivity index (χ1n) is 6.10. The molecule has 1 heterocycles. The van der Waals surface area contributed by atoms with Crippen molar-refractivity contribution in [1.29, 1.82) is 0 Å². The maximum Gasteiger partial charge on any atom is 0.242 e. The van der Waals surface area contributed by atoms with Crippen LogP contribution in [0.2, 0.25) is 0 Å². The van der Waals surface area contributed by atoms with Crippen LogP contribution < -0.4 is 5.73 Å². The molecule has 1 rings (SSSR count). The minimum atomic E-state index is -0.684. The van der Waals surface area contributed by atoms with E-state index in [0.717, 1.165) is 25.9 Å². The normalized spacial score (nSPS) is 29.9. The Bertz CT molecular complexity index is 245. The smallest absolute Gasteiger partial charge is 0.242 e. The minimum Gasteiger partial charge on any atom is -0.339 e. The number of carbonyl (C=O) groups is 1. The second kappa shape index (κ2) is 5.41. The van der Waals surface area contributed by atoms with Crippen LogP contribution in [0.25, 0.3) is 0 Å². The number of hydrogen-bond donors (Lipinski definition) is 1. The van der Waals surface area contributed by atoms with E-state index in [0.29, 0.717) is 10.5 Å². The third-order valence-corrected chi connectivity index (χ3v) is 4.19. The van der Waals surface area contributed by atoms with E-state index >= 15 is 0 Å². The SMILES string of the molecule is CCCC(C)(N)C(=O)N1CC(C)SC(C)C1. The highest BCUT2D eigenvalue weighted by molar-refractivity contribution is 8.00. The standard InChI is InChI=1S/C12H24N2OS/c1-5-6-12(4,13)11(15)14-7-9(2)16-10(3)8-14/h9-10H,5-8,13H2,1-4H3. The molecule has 0 aliphatic carbocycles. The van der Waals surface area contributed by atoms with Crippen molar-refractivity contribution in [3.63, 3.8) is 0 Å². The fourth-order valence-electron chi connectivity index (χ4n) is 2.33. The Morgan fingerprint density at radius 2 is 1.94 bits per heavy atom. The number of carbonyl (C=O) groups excluding carboxylic acids is 1. The number of hydrogen-bond acceptors (Lipinski definition) is 3. The lowest BCUT2D eigenvalue weighted by Crippen LogP contribution is -2.56. The van der Waals surface area contributed by atoms with Gasteiger partial charge in [-0.2, -0.15) is 11.8 Å². The Morgan fingerprint density at radius 3 is 2.38 bits per heavy atom.